The minimum Gasteiger partial charge on any atom is -0.377 e. The van der Waals surface area contributed by atoms with Gasteiger partial charge in [-0.25, -0.2) is 4.98 Å². The normalized spacial score (nSPS) is 12.8. The molecular weight excluding hydrogens is 270 g/mol. The van der Waals surface area contributed by atoms with Crippen LogP contribution in [-0.4, -0.2) is 22.2 Å². The predicted molar refractivity (Wildman–Crippen MR) is 71.6 cm³/mol. The van der Waals surface area contributed by atoms with Crippen molar-refractivity contribution in [3.8, 4) is 0 Å². The highest BCUT2D eigenvalue weighted by atomic mass is 32.2. The Morgan fingerprint density at radius 2 is 2.33 bits per heavy atom. The molecule has 98 valence electrons. The maximum absolute atomic E-state index is 5.19. The van der Waals surface area contributed by atoms with Gasteiger partial charge in [-0.15, -0.1) is 23.1 Å². The average Bonchev–Trinajstić information content (AvgIpc) is 2.96. The Labute approximate surface area is 114 Å². The van der Waals surface area contributed by atoms with Gasteiger partial charge in [-0.05, 0) is 13.8 Å². The van der Waals surface area contributed by atoms with Gasteiger partial charge in [0, 0.05) is 23.9 Å². The van der Waals surface area contributed by atoms with Crippen LogP contribution in [0.3, 0.4) is 0 Å². The summed E-state index contributed by atoms with van der Waals surface area (Å²) < 4.78 is 10.1. The number of ether oxygens (including phenoxy) is 1. The first-order valence-corrected chi connectivity index (χ1v) is 7.46. The smallest absolute Gasteiger partial charge is 0.239 e. The van der Waals surface area contributed by atoms with Gasteiger partial charge < -0.3 is 9.26 Å². The van der Waals surface area contributed by atoms with E-state index in [9.17, 15) is 0 Å². The van der Waals surface area contributed by atoms with Gasteiger partial charge in [0.1, 0.15) is 11.6 Å². The number of thiazole rings is 1. The average molecular weight is 285 g/mol. The topological polar surface area (TPSA) is 61.0 Å². The van der Waals surface area contributed by atoms with E-state index in [0.29, 0.717) is 18.3 Å². The molecule has 0 fully saturated rings. The Kier molecular flexibility index (Phi) is 4.73. The van der Waals surface area contributed by atoms with Crippen LogP contribution in [0.5, 0.6) is 0 Å². The van der Waals surface area contributed by atoms with Gasteiger partial charge in [-0.2, -0.15) is 4.98 Å². The fourth-order valence-corrected chi connectivity index (χ4v) is 3.08. The molecule has 2 aromatic heterocycles. The second-order valence-electron chi connectivity index (χ2n) is 3.82. The second kappa shape index (κ2) is 6.31. The van der Waals surface area contributed by atoms with Crippen LogP contribution in [0.2, 0.25) is 0 Å². The van der Waals surface area contributed by atoms with Gasteiger partial charge in [0.05, 0.1) is 5.25 Å². The zero-order valence-corrected chi connectivity index (χ0v) is 12.2. The molecule has 7 heteroatoms. The van der Waals surface area contributed by atoms with E-state index in [1.165, 1.54) is 0 Å². The number of hydrogen-bond acceptors (Lipinski definition) is 7. The van der Waals surface area contributed by atoms with E-state index in [-0.39, 0.29) is 5.25 Å². The van der Waals surface area contributed by atoms with E-state index < -0.39 is 0 Å². The van der Waals surface area contributed by atoms with Crippen molar-refractivity contribution in [2.24, 2.45) is 0 Å². The first kappa shape index (κ1) is 13.5. The summed E-state index contributed by atoms with van der Waals surface area (Å²) in [7, 11) is 1.61. The van der Waals surface area contributed by atoms with Crippen molar-refractivity contribution < 1.29 is 9.26 Å². The van der Waals surface area contributed by atoms with E-state index >= 15 is 0 Å². The van der Waals surface area contributed by atoms with Gasteiger partial charge >= 0.3 is 0 Å². The molecule has 0 saturated heterocycles. The Bertz CT molecular complexity index is 498. The molecule has 0 amide bonds. The summed E-state index contributed by atoms with van der Waals surface area (Å²) in [6.45, 7) is 4.44. The van der Waals surface area contributed by atoms with Crippen LogP contribution < -0.4 is 0 Å². The lowest BCUT2D eigenvalue weighted by molar-refractivity contribution is 0.174. The first-order chi connectivity index (χ1) is 8.69. The van der Waals surface area contributed by atoms with Crippen molar-refractivity contribution in [1.29, 1.82) is 0 Å². The summed E-state index contributed by atoms with van der Waals surface area (Å²) in [5, 5.41) is 7.19. The Hall–Kier alpha value is -0.920. The largest absolute Gasteiger partial charge is 0.377 e. The van der Waals surface area contributed by atoms with E-state index in [1.54, 1.807) is 30.2 Å². The van der Waals surface area contributed by atoms with Crippen LogP contribution in [0.25, 0.3) is 0 Å². The van der Waals surface area contributed by atoms with Crippen molar-refractivity contribution in [2.45, 2.75) is 31.5 Å². The molecule has 0 saturated carbocycles. The highest BCUT2D eigenvalue weighted by molar-refractivity contribution is 7.98. The zero-order valence-electron chi connectivity index (χ0n) is 10.5. The van der Waals surface area contributed by atoms with Crippen LogP contribution in [0.15, 0.2) is 9.90 Å². The minimum atomic E-state index is 0.160. The third-order valence-corrected chi connectivity index (χ3v) is 4.52. The summed E-state index contributed by atoms with van der Waals surface area (Å²) in [6, 6.07) is 0. The number of methoxy groups -OCH3 is 1. The van der Waals surface area contributed by atoms with Crippen LogP contribution in [0.4, 0.5) is 0 Å². The van der Waals surface area contributed by atoms with Crippen LogP contribution in [0.1, 0.15) is 34.6 Å². The van der Waals surface area contributed by atoms with Crippen LogP contribution in [-0.2, 0) is 17.1 Å². The fraction of sp³-hybridized carbons (Fsp3) is 0.545. The monoisotopic (exact) mass is 285 g/mol. The molecule has 2 aromatic rings. The number of aromatic nitrogens is 3. The molecule has 0 aliphatic rings. The third kappa shape index (κ3) is 3.54. The Morgan fingerprint density at radius 1 is 1.50 bits per heavy atom. The zero-order chi connectivity index (χ0) is 13.0. The number of nitrogens with zero attached hydrogens (tertiary/aromatic N) is 3. The lowest BCUT2D eigenvalue weighted by Crippen LogP contribution is -1.93. The van der Waals surface area contributed by atoms with E-state index in [1.807, 2.05) is 6.92 Å². The summed E-state index contributed by atoms with van der Waals surface area (Å²) in [5.41, 5.74) is 1.07. The number of thioether (sulfide) groups is 1. The minimum absolute atomic E-state index is 0.160. The quantitative estimate of drug-likeness (QED) is 0.813. The standard InChI is InChI=1S/C11H15N3O2S2/c1-7-5-18-10(12-7)6-17-8(2)11-13-9(4-15-3)14-16-11/h5,8H,4,6H2,1-3H3/t8-/m0/s1. The SMILES string of the molecule is COCc1noc([C@H](C)SCc2nc(C)cs2)n1. The van der Waals surface area contributed by atoms with Crippen molar-refractivity contribution in [3.05, 3.63) is 27.8 Å². The van der Waals surface area contributed by atoms with Crippen molar-refractivity contribution in [3.63, 3.8) is 0 Å². The van der Waals surface area contributed by atoms with Gasteiger partial charge in [-0.1, -0.05) is 5.16 Å². The number of rotatable bonds is 6. The van der Waals surface area contributed by atoms with Gasteiger partial charge in [0.2, 0.25) is 5.89 Å². The molecule has 0 N–H and O–H groups in total. The lowest BCUT2D eigenvalue weighted by atomic mass is 10.5. The summed E-state index contributed by atoms with van der Waals surface area (Å²) in [4.78, 5) is 8.70. The fourth-order valence-electron chi connectivity index (χ4n) is 1.36. The van der Waals surface area contributed by atoms with Crippen molar-refractivity contribution in [2.75, 3.05) is 7.11 Å². The predicted octanol–water partition coefficient (Wildman–Crippen LogP) is 2.98. The maximum Gasteiger partial charge on any atom is 0.239 e. The molecule has 1 atom stereocenters. The molecule has 18 heavy (non-hydrogen) atoms. The third-order valence-electron chi connectivity index (χ3n) is 2.23. The highest BCUT2D eigenvalue weighted by Crippen LogP contribution is 2.30. The van der Waals surface area contributed by atoms with Crippen molar-refractivity contribution >= 4 is 23.1 Å². The number of aryl methyl sites for hydroxylation is 1. The first-order valence-electron chi connectivity index (χ1n) is 5.53. The maximum atomic E-state index is 5.19. The summed E-state index contributed by atoms with van der Waals surface area (Å²) in [5.74, 6) is 2.09. The lowest BCUT2D eigenvalue weighted by Gasteiger charge is -2.03. The molecule has 2 heterocycles. The Morgan fingerprint density at radius 3 is 3.00 bits per heavy atom. The van der Waals surface area contributed by atoms with Gasteiger partial charge in [0.15, 0.2) is 5.82 Å². The van der Waals surface area contributed by atoms with Gasteiger partial charge in [-0.3, -0.25) is 0 Å². The van der Waals surface area contributed by atoms with E-state index in [4.69, 9.17) is 9.26 Å². The summed E-state index contributed by atoms with van der Waals surface area (Å²) >= 11 is 3.42. The van der Waals surface area contributed by atoms with Crippen LogP contribution in [0, 0.1) is 6.92 Å². The van der Waals surface area contributed by atoms with Crippen molar-refractivity contribution in [1.82, 2.24) is 15.1 Å². The molecule has 0 aromatic carbocycles. The molecular formula is C11H15N3O2S2. The molecule has 0 unspecified atom stereocenters. The summed E-state index contributed by atoms with van der Waals surface area (Å²) in [6.07, 6.45) is 0. The molecule has 0 aliphatic carbocycles. The van der Waals surface area contributed by atoms with Gasteiger partial charge in [0.25, 0.3) is 0 Å². The molecule has 2 rings (SSSR count). The highest BCUT2D eigenvalue weighted by Gasteiger charge is 2.15. The number of hydrogen-bond donors (Lipinski definition) is 0. The molecule has 0 bridgehead atoms. The Balaban J connectivity index is 1.88. The molecule has 5 nitrogen and oxygen atoms in total. The molecule has 0 radical (unpaired) electrons. The molecule has 0 aliphatic heterocycles. The van der Waals surface area contributed by atoms with E-state index in [0.717, 1.165) is 16.5 Å². The second-order valence-corrected chi connectivity index (χ2v) is 6.09. The van der Waals surface area contributed by atoms with Crippen LogP contribution >= 0.6 is 23.1 Å². The molecule has 0 spiro atoms. The van der Waals surface area contributed by atoms with E-state index in [2.05, 4.69) is 27.4 Å².